The first-order valence-corrected chi connectivity index (χ1v) is 15.3. The third-order valence-corrected chi connectivity index (χ3v) is 8.49. The summed E-state index contributed by atoms with van der Waals surface area (Å²) >= 11 is 13.8. The van der Waals surface area contributed by atoms with Crippen LogP contribution in [0.4, 0.5) is 0 Å². The predicted molar refractivity (Wildman–Crippen MR) is 164 cm³/mol. The van der Waals surface area contributed by atoms with Gasteiger partial charge in [0.15, 0.2) is 5.16 Å². The normalized spacial score (nSPS) is 15.2. The van der Waals surface area contributed by atoms with E-state index in [4.69, 9.17) is 23.2 Å². The van der Waals surface area contributed by atoms with Crippen molar-refractivity contribution in [3.05, 3.63) is 106 Å². The third-order valence-electron chi connectivity index (χ3n) is 7.04. The van der Waals surface area contributed by atoms with E-state index in [9.17, 15) is 9.59 Å². The van der Waals surface area contributed by atoms with Crippen LogP contribution >= 0.6 is 35.0 Å². The van der Waals surface area contributed by atoms with Gasteiger partial charge in [-0.2, -0.15) is 0 Å². The third kappa shape index (κ3) is 7.31. The van der Waals surface area contributed by atoms with Crippen molar-refractivity contribution < 1.29 is 9.59 Å². The molecule has 0 saturated carbocycles. The van der Waals surface area contributed by atoms with Gasteiger partial charge in [0.25, 0.3) is 5.91 Å². The molecular weight excluding hydrogens is 577 g/mol. The number of piperazine rings is 1. The molecule has 4 aromatic rings. The predicted octanol–water partition coefficient (Wildman–Crippen LogP) is 6.41. The molecule has 7 nitrogen and oxygen atoms in total. The molecule has 1 aliphatic rings. The Morgan fingerprint density at radius 2 is 1.61 bits per heavy atom. The van der Waals surface area contributed by atoms with Gasteiger partial charge in [-0.3, -0.25) is 14.2 Å². The van der Waals surface area contributed by atoms with E-state index in [0.717, 1.165) is 22.4 Å². The summed E-state index contributed by atoms with van der Waals surface area (Å²) in [5.74, 6) is 1.60. The summed E-state index contributed by atoms with van der Waals surface area (Å²) in [6.45, 7) is 3.43. The number of halogens is 2. The Morgan fingerprint density at radius 1 is 0.927 bits per heavy atom. The fraction of sp³-hybridized carbons (Fsp3) is 0.290. The lowest BCUT2D eigenvalue weighted by Crippen LogP contribution is -2.55. The van der Waals surface area contributed by atoms with E-state index in [0.29, 0.717) is 54.5 Å². The van der Waals surface area contributed by atoms with Crippen LogP contribution < -0.4 is 0 Å². The second kappa shape index (κ2) is 13.6. The second-order valence-corrected chi connectivity index (χ2v) is 12.0. The van der Waals surface area contributed by atoms with E-state index in [2.05, 4.69) is 39.0 Å². The number of thioether (sulfide) groups is 1. The van der Waals surface area contributed by atoms with Gasteiger partial charge in [0.05, 0.1) is 0 Å². The smallest absolute Gasteiger partial charge is 0.254 e. The molecule has 0 radical (unpaired) electrons. The van der Waals surface area contributed by atoms with Gasteiger partial charge in [0.2, 0.25) is 5.91 Å². The summed E-state index contributed by atoms with van der Waals surface area (Å²) < 4.78 is 2.10. The highest BCUT2D eigenvalue weighted by molar-refractivity contribution is 7.99. The fourth-order valence-electron chi connectivity index (χ4n) is 5.00. The van der Waals surface area contributed by atoms with E-state index in [1.807, 2.05) is 48.2 Å². The van der Waals surface area contributed by atoms with Crippen molar-refractivity contribution in [2.75, 3.05) is 25.4 Å². The Hall–Kier alpha value is -3.33. The lowest BCUT2D eigenvalue weighted by atomic mass is 10.1. The molecule has 41 heavy (non-hydrogen) atoms. The topological polar surface area (TPSA) is 71.3 Å². The Bertz CT molecular complexity index is 1480. The van der Waals surface area contributed by atoms with Gasteiger partial charge in [0, 0.05) is 65.6 Å². The van der Waals surface area contributed by atoms with E-state index in [1.54, 1.807) is 34.9 Å². The molecule has 5 rings (SSSR count). The first-order valence-electron chi connectivity index (χ1n) is 13.6. The largest absolute Gasteiger partial charge is 0.339 e. The van der Waals surface area contributed by atoms with Crippen molar-refractivity contribution in [1.82, 2.24) is 24.6 Å². The summed E-state index contributed by atoms with van der Waals surface area (Å²) in [6, 6.07) is 25.1. The quantitative estimate of drug-likeness (QED) is 0.162. The Balaban J connectivity index is 1.15. The Morgan fingerprint density at radius 3 is 2.29 bits per heavy atom. The van der Waals surface area contributed by atoms with E-state index >= 15 is 0 Å². The monoisotopic (exact) mass is 607 g/mol. The molecule has 0 aliphatic carbocycles. The molecule has 10 heteroatoms. The second-order valence-electron chi connectivity index (χ2n) is 10.0. The summed E-state index contributed by atoms with van der Waals surface area (Å²) in [6.07, 6.45) is 1.83. The molecule has 1 saturated heterocycles. The maximum Gasteiger partial charge on any atom is 0.254 e. The van der Waals surface area contributed by atoms with Gasteiger partial charge in [-0.15, -0.1) is 10.2 Å². The van der Waals surface area contributed by atoms with Crippen LogP contribution in [-0.4, -0.2) is 67.8 Å². The van der Waals surface area contributed by atoms with Gasteiger partial charge in [-0.1, -0.05) is 83.5 Å². The van der Waals surface area contributed by atoms with Crippen LogP contribution in [0.25, 0.3) is 5.69 Å². The van der Waals surface area contributed by atoms with Gasteiger partial charge in [0.1, 0.15) is 5.82 Å². The van der Waals surface area contributed by atoms with Crippen LogP contribution in [0.2, 0.25) is 10.0 Å². The number of benzene rings is 3. The highest BCUT2D eigenvalue weighted by Crippen LogP contribution is 2.25. The average molecular weight is 609 g/mol. The molecule has 0 bridgehead atoms. The number of carbonyl (C=O) groups excluding carboxylic acids is 2. The molecule has 2 heterocycles. The number of rotatable bonds is 9. The zero-order valence-corrected chi connectivity index (χ0v) is 25.1. The molecular formula is C31H31Cl2N5O2S. The van der Waals surface area contributed by atoms with Crippen molar-refractivity contribution >= 4 is 46.8 Å². The van der Waals surface area contributed by atoms with E-state index < -0.39 is 0 Å². The van der Waals surface area contributed by atoms with Gasteiger partial charge in [-0.25, -0.2) is 0 Å². The molecule has 1 unspecified atom stereocenters. The molecule has 212 valence electrons. The number of aromatic nitrogens is 3. The first kappa shape index (κ1) is 29.2. The molecule has 1 aromatic heterocycles. The number of para-hydroxylation sites is 1. The maximum atomic E-state index is 13.1. The molecule has 1 aliphatic heterocycles. The SMILES string of the molecule is CC1CN(C(=O)CCCSc2nnc(Cc3ccccc3)n2-c2ccccc2)CCN1C(=O)c1cc(Cl)cc(Cl)c1. The number of hydrogen-bond acceptors (Lipinski definition) is 5. The summed E-state index contributed by atoms with van der Waals surface area (Å²) in [5.41, 5.74) is 2.65. The van der Waals surface area contributed by atoms with Crippen molar-refractivity contribution in [3.8, 4) is 5.69 Å². The van der Waals surface area contributed by atoms with Gasteiger partial charge < -0.3 is 9.80 Å². The minimum atomic E-state index is -0.125. The van der Waals surface area contributed by atoms with Crippen LogP contribution in [-0.2, 0) is 11.2 Å². The highest BCUT2D eigenvalue weighted by atomic mass is 35.5. The Labute approximate surface area is 254 Å². The molecule has 2 amide bonds. The molecule has 1 fully saturated rings. The Kier molecular flexibility index (Phi) is 9.64. The van der Waals surface area contributed by atoms with Crippen LogP contribution in [0.15, 0.2) is 84.0 Å². The lowest BCUT2D eigenvalue weighted by molar-refractivity contribution is -0.133. The van der Waals surface area contributed by atoms with E-state index in [-0.39, 0.29) is 17.9 Å². The van der Waals surface area contributed by atoms with Crippen LogP contribution in [0, 0.1) is 0 Å². The highest BCUT2D eigenvalue weighted by Gasteiger charge is 2.30. The minimum Gasteiger partial charge on any atom is -0.339 e. The van der Waals surface area contributed by atoms with Crippen molar-refractivity contribution in [1.29, 1.82) is 0 Å². The summed E-state index contributed by atoms with van der Waals surface area (Å²) in [7, 11) is 0. The fourth-order valence-corrected chi connectivity index (χ4v) is 6.43. The number of hydrogen-bond donors (Lipinski definition) is 0. The number of amides is 2. The van der Waals surface area contributed by atoms with Gasteiger partial charge in [-0.05, 0) is 49.2 Å². The average Bonchev–Trinajstić information content (AvgIpc) is 3.37. The number of nitrogens with zero attached hydrogens (tertiary/aromatic N) is 5. The molecule has 0 spiro atoms. The van der Waals surface area contributed by atoms with Crippen LogP contribution in [0.5, 0.6) is 0 Å². The molecule has 1 atom stereocenters. The van der Waals surface area contributed by atoms with Gasteiger partial charge >= 0.3 is 0 Å². The van der Waals surface area contributed by atoms with Crippen LogP contribution in [0.3, 0.4) is 0 Å². The van der Waals surface area contributed by atoms with E-state index in [1.165, 1.54) is 5.56 Å². The molecule has 3 aromatic carbocycles. The summed E-state index contributed by atoms with van der Waals surface area (Å²) in [5, 5.41) is 10.7. The standard InChI is InChI=1S/C31H31Cl2N5O2S/c1-22-21-36(14-15-37(22)30(40)24-18-25(32)20-26(33)19-24)29(39)13-8-16-41-31-35-34-28(17-23-9-4-2-5-10-23)38(31)27-11-6-3-7-12-27/h2-7,9-12,18-20,22H,8,13-17,21H2,1H3. The van der Waals surface area contributed by atoms with Crippen molar-refractivity contribution in [2.45, 2.75) is 37.4 Å². The zero-order chi connectivity index (χ0) is 28.8. The lowest BCUT2D eigenvalue weighted by Gasteiger charge is -2.40. The van der Waals surface area contributed by atoms with Crippen molar-refractivity contribution in [2.24, 2.45) is 0 Å². The maximum absolute atomic E-state index is 13.1. The summed E-state index contributed by atoms with van der Waals surface area (Å²) in [4.78, 5) is 29.7. The molecule has 0 N–H and O–H groups in total. The van der Waals surface area contributed by atoms with Crippen LogP contribution in [0.1, 0.15) is 41.5 Å². The first-order chi connectivity index (χ1) is 19.9. The van der Waals surface area contributed by atoms with Crippen molar-refractivity contribution in [3.63, 3.8) is 0 Å². The zero-order valence-electron chi connectivity index (χ0n) is 22.7. The number of carbonyl (C=O) groups is 2. The minimum absolute atomic E-state index is 0.102.